The van der Waals surface area contributed by atoms with Crippen LogP contribution in [0.25, 0.3) is 0 Å². The first-order valence-corrected chi connectivity index (χ1v) is 6.66. The first-order valence-electron chi connectivity index (χ1n) is 6.66. The zero-order valence-electron chi connectivity index (χ0n) is 13.2. The topological polar surface area (TPSA) is 86.7 Å². The Bertz CT molecular complexity index is 352. The molecule has 0 heterocycles. The molecule has 6 nitrogen and oxygen atoms in total. The fourth-order valence-corrected chi connectivity index (χ4v) is 2.71. The van der Waals surface area contributed by atoms with Crippen LogP contribution in [0.2, 0.25) is 0 Å². The van der Waals surface area contributed by atoms with E-state index in [0.717, 1.165) is 0 Å². The van der Waals surface area contributed by atoms with Crippen LogP contribution in [0, 0.1) is 0 Å². The highest BCUT2D eigenvalue weighted by Crippen LogP contribution is 2.29. The second-order valence-corrected chi connectivity index (χ2v) is 6.79. The van der Waals surface area contributed by atoms with Gasteiger partial charge in [-0.05, 0) is 48.0 Å². The largest absolute Gasteiger partial charge is 0.480 e. The Labute approximate surface area is 120 Å². The highest BCUT2D eigenvalue weighted by Gasteiger charge is 2.40. The van der Waals surface area contributed by atoms with E-state index in [1.165, 1.54) is 0 Å². The van der Waals surface area contributed by atoms with Crippen LogP contribution in [0.5, 0.6) is 0 Å². The predicted octanol–water partition coefficient (Wildman–Crippen LogP) is 1.39. The molecule has 6 heteroatoms. The van der Waals surface area contributed by atoms with Gasteiger partial charge in [0.15, 0.2) is 0 Å². The van der Waals surface area contributed by atoms with Gasteiger partial charge in [-0.15, -0.1) is 0 Å². The lowest BCUT2D eigenvalue weighted by Crippen LogP contribution is -2.60. The van der Waals surface area contributed by atoms with Crippen LogP contribution in [0.1, 0.15) is 54.4 Å². The Balaban J connectivity index is 5.17. The molecule has 0 unspecified atom stereocenters. The Morgan fingerprint density at radius 3 is 1.90 bits per heavy atom. The molecule has 20 heavy (non-hydrogen) atoms. The second-order valence-electron chi connectivity index (χ2n) is 6.79. The molecule has 0 aromatic heterocycles. The summed E-state index contributed by atoms with van der Waals surface area (Å²) in [6, 6.07) is -0.785. The van der Waals surface area contributed by atoms with E-state index in [0.29, 0.717) is 6.41 Å². The summed E-state index contributed by atoms with van der Waals surface area (Å²) < 4.78 is 0. The molecule has 0 fully saturated rings. The minimum atomic E-state index is -0.964. The third-order valence-corrected chi connectivity index (χ3v) is 2.91. The second kappa shape index (κ2) is 6.83. The van der Waals surface area contributed by atoms with E-state index >= 15 is 0 Å². The first kappa shape index (κ1) is 18.6. The van der Waals surface area contributed by atoms with Gasteiger partial charge >= 0.3 is 5.97 Å². The fraction of sp³-hybridized carbons (Fsp3) is 0.786. The maximum absolute atomic E-state index is 11.6. The molecule has 0 bridgehead atoms. The molecule has 1 atom stereocenters. The Kier molecular flexibility index (Phi) is 6.34. The van der Waals surface area contributed by atoms with Crippen molar-refractivity contribution in [1.82, 2.24) is 10.2 Å². The Hall–Kier alpha value is -1.43. The molecule has 2 N–H and O–H groups in total. The van der Waals surface area contributed by atoms with Gasteiger partial charge in [-0.25, -0.2) is 0 Å². The number of hydrogen-bond acceptors (Lipinski definition) is 4. The van der Waals surface area contributed by atoms with E-state index in [1.54, 1.807) is 0 Å². The summed E-state index contributed by atoms with van der Waals surface area (Å²) in [5, 5.41) is 11.5. The Morgan fingerprint density at radius 2 is 1.60 bits per heavy atom. The lowest BCUT2D eigenvalue weighted by Gasteiger charge is -2.48. The minimum Gasteiger partial charge on any atom is -0.480 e. The van der Waals surface area contributed by atoms with E-state index in [-0.39, 0.29) is 23.9 Å². The molecule has 2 amide bonds. The van der Waals surface area contributed by atoms with Gasteiger partial charge in [-0.3, -0.25) is 24.6 Å². The van der Waals surface area contributed by atoms with Gasteiger partial charge in [0.2, 0.25) is 12.3 Å². The fourth-order valence-electron chi connectivity index (χ4n) is 2.71. The van der Waals surface area contributed by atoms with E-state index in [4.69, 9.17) is 0 Å². The average molecular weight is 286 g/mol. The molecule has 0 aliphatic heterocycles. The lowest BCUT2D eigenvalue weighted by atomic mass is 9.91. The summed E-state index contributed by atoms with van der Waals surface area (Å²) in [6.45, 7) is 11.7. The minimum absolute atomic E-state index is 0.00162. The summed E-state index contributed by atoms with van der Waals surface area (Å²) >= 11 is 0. The third-order valence-electron chi connectivity index (χ3n) is 2.91. The Morgan fingerprint density at radius 1 is 1.15 bits per heavy atom. The van der Waals surface area contributed by atoms with Crippen molar-refractivity contribution < 1.29 is 19.5 Å². The molecule has 0 aromatic rings. The number of nitrogens with zero attached hydrogens (tertiary/aromatic N) is 1. The predicted molar refractivity (Wildman–Crippen MR) is 76.2 cm³/mol. The summed E-state index contributed by atoms with van der Waals surface area (Å²) in [4.78, 5) is 35.0. The molecule has 0 saturated heterocycles. The average Bonchev–Trinajstić information content (AvgIpc) is 2.20. The number of carboxylic acids is 1. The van der Waals surface area contributed by atoms with Crippen molar-refractivity contribution in [3.63, 3.8) is 0 Å². The molecule has 0 radical (unpaired) electrons. The molecule has 0 rings (SSSR count). The maximum atomic E-state index is 11.6. The highest BCUT2D eigenvalue weighted by molar-refractivity contribution is 5.86. The van der Waals surface area contributed by atoms with Crippen LogP contribution in [0.15, 0.2) is 0 Å². The lowest BCUT2D eigenvalue weighted by molar-refractivity contribution is -0.150. The van der Waals surface area contributed by atoms with Gasteiger partial charge in [0.05, 0.1) is 0 Å². The summed E-state index contributed by atoms with van der Waals surface area (Å²) in [7, 11) is 0. The molecular weight excluding hydrogens is 260 g/mol. The van der Waals surface area contributed by atoms with Gasteiger partial charge in [0.25, 0.3) is 0 Å². The molecule has 0 aliphatic rings. The number of aliphatic carboxylic acids is 1. The quantitative estimate of drug-likeness (QED) is 0.721. The van der Waals surface area contributed by atoms with Gasteiger partial charge in [-0.2, -0.15) is 0 Å². The van der Waals surface area contributed by atoms with Crippen LogP contribution in [0.4, 0.5) is 0 Å². The zero-order valence-corrected chi connectivity index (χ0v) is 13.2. The SMILES string of the molecule is CC(C)(C)N([C@@H](CCC(=O)NC=O)C(=O)O)C(C)(C)C. The number of amides is 2. The number of carbonyl (C=O) groups is 3. The summed E-state index contributed by atoms with van der Waals surface area (Å²) in [5.74, 6) is -1.43. The first-order chi connectivity index (χ1) is 8.91. The molecule has 0 aromatic carbocycles. The monoisotopic (exact) mass is 286 g/mol. The number of imide groups is 1. The standard InChI is InChI=1S/C14H26N2O4/c1-13(2,3)16(14(4,5)6)10(12(19)20)7-8-11(18)15-9-17/h9-10H,7-8H2,1-6H3,(H,19,20)(H,15,17,18)/t10-/m0/s1. The molecule has 0 spiro atoms. The summed E-state index contributed by atoms with van der Waals surface area (Å²) in [6.07, 6.45) is 0.464. The van der Waals surface area contributed by atoms with Crippen LogP contribution in [-0.2, 0) is 14.4 Å². The number of carbonyl (C=O) groups excluding carboxylic acids is 2. The third kappa shape index (κ3) is 5.69. The highest BCUT2D eigenvalue weighted by atomic mass is 16.4. The van der Waals surface area contributed by atoms with Gasteiger partial charge in [0.1, 0.15) is 6.04 Å². The van der Waals surface area contributed by atoms with Crippen molar-refractivity contribution in [2.75, 3.05) is 0 Å². The smallest absolute Gasteiger partial charge is 0.320 e. The van der Waals surface area contributed by atoms with Crippen LogP contribution in [-0.4, -0.2) is 45.4 Å². The van der Waals surface area contributed by atoms with Crippen LogP contribution >= 0.6 is 0 Å². The zero-order chi connectivity index (χ0) is 16.1. The van der Waals surface area contributed by atoms with Crippen molar-refractivity contribution in [3.05, 3.63) is 0 Å². The molecule has 0 aliphatic carbocycles. The number of hydrogen-bond donors (Lipinski definition) is 2. The van der Waals surface area contributed by atoms with Gasteiger partial charge < -0.3 is 5.11 Å². The van der Waals surface area contributed by atoms with Crippen LogP contribution in [0.3, 0.4) is 0 Å². The van der Waals surface area contributed by atoms with Crippen molar-refractivity contribution >= 4 is 18.3 Å². The molecular formula is C14H26N2O4. The van der Waals surface area contributed by atoms with Crippen molar-refractivity contribution in [3.8, 4) is 0 Å². The van der Waals surface area contributed by atoms with Crippen molar-refractivity contribution in [1.29, 1.82) is 0 Å². The number of rotatable bonds is 6. The molecule has 116 valence electrons. The molecule has 0 saturated carbocycles. The van der Waals surface area contributed by atoms with E-state index in [9.17, 15) is 19.5 Å². The van der Waals surface area contributed by atoms with E-state index in [2.05, 4.69) is 0 Å². The van der Waals surface area contributed by atoms with E-state index in [1.807, 2.05) is 51.8 Å². The van der Waals surface area contributed by atoms with Crippen molar-refractivity contribution in [2.45, 2.75) is 71.5 Å². The van der Waals surface area contributed by atoms with Gasteiger partial charge in [0, 0.05) is 17.5 Å². The number of nitrogens with one attached hydrogen (secondary N) is 1. The maximum Gasteiger partial charge on any atom is 0.320 e. The van der Waals surface area contributed by atoms with Gasteiger partial charge in [-0.1, -0.05) is 0 Å². The van der Waals surface area contributed by atoms with E-state index < -0.39 is 17.9 Å². The van der Waals surface area contributed by atoms with Crippen molar-refractivity contribution in [2.24, 2.45) is 0 Å². The number of carboxylic acid groups (broad SMARTS) is 1. The van der Waals surface area contributed by atoms with Crippen LogP contribution < -0.4 is 5.32 Å². The normalized spacial score (nSPS) is 13.9. The summed E-state index contributed by atoms with van der Waals surface area (Å²) in [5.41, 5.74) is -0.717.